The van der Waals surface area contributed by atoms with Crippen LogP contribution in [0.25, 0.3) is 0 Å². The lowest BCUT2D eigenvalue weighted by atomic mass is 9.96. The van der Waals surface area contributed by atoms with Crippen LogP contribution in [0.1, 0.15) is 36.9 Å². The van der Waals surface area contributed by atoms with E-state index in [1.54, 1.807) is 12.1 Å². The van der Waals surface area contributed by atoms with Crippen molar-refractivity contribution in [1.82, 2.24) is 5.32 Å². The summed E-state index contributed by atoms with van der Waals surface area (Å²) in [6, 6.07) is 3.65. The lowest BCUT2D eigenvalue weighted by molar-refractivity contribution is -0.293. The Morgan fingerprint density at radius 3 is 1.63 bits per heavy atom. The summed E-state index contributed by atoms with van der Waals surface area (Å²) in [4.78, 5) is 0. The normalized spacial score (nSPS) is 14.8. The number of rotatable bonds is 4. The van der Waals surface area contributed by atoms with Crippen LogP contribution in [0.5, 0.6) is 0 Å². The second-order valence-corrected chi connectivity index (χ2v) is 4.66. The summed E-state index contributed by atoms with van der Waals surface area (Å²) >= 11 is 0. The lowest BCUT2D eigenvalue weighted by Crippen LogP contribution is -2.47. The third-order valence-corrected chi connectivity index (χ3v) is 2.97. The summed E-state index contributed by atoms with van der Waals surface area (Å²) < 4.78 is 63.8. The molecule has 0 aliphatic heterocycles. The Hall–Kier alpha value is -1.17. The summed E-state index contributed by atoms with van der Waals surface area (Å²) in [7, 11) is 1.08. The lowest BCUT2D eigenvalue weighted by Gasteiger charge is -2.28. The highest BCUT2D eigenvalue weighted by Crippen LogP contribution is 2.44. The summed E-state index contributed by atoms with van der Waals surface area (Å²) in [6.45, 7) is 3.82. The number of nitrogens with one attached hydrogen (secondary N) is 1. The maximum Gasteiger partial charge on any atom is 0.455 e. The van der Waals surface area contributed by atoms with Crippen LogP contribution in [-0.4, -0.2) is 19.1 Å². The molecular weight excluding hydrogens is 265 g/mol. The zero-order chi connectivity index (χ0) is 14.8. The van der Waals surface area contributed by atoms with Gasteiger partial charge in [-0.25, -0.2) is 0 Å². The van der Waals surface area contributed by atoms with Crippen LogP contribution >= 0.6 is 0 Å². The van der Waals surface area contributed by atoms with E-state index >= 15 is 0 Å². The smallest absolute Gasteiger partial charge is 0.308 e. The molecule has 1 aromatic rings. The predicted octanol–water partition coefficient (Wildman–Crippen LogP) is 4.27. The molecule has 1 N–H and O–H groups in total. The highest BCUT2D eigenvalue weighted by Gasteiger charge is 2.62. The molecule has 0 radical (unpaired) electrons. The highest BCUT2D eigenvalue weighted by molar-refractivity contribution is 5.28. The second-order valence-electron chi connectivity index (χ2n) is 4.66. The molecule has 0 heterocycles. The maximum absolute atomic E-state index is 13.4. The van der Waals surface area contributed by atoms with Gasteiger partial charge in [-0.2, -0.15) is 22.0 Å². The quantitative estimate of drug-likeness (QED) is 0.813. The van der Waals surface area contributed by atoms with Gasteiger partial charge in [0.05, 0.1) is 0 Å². The van der Waals surface area contributed by atoms with Gasteiger partial charge in [-0.1, -0.05) is 38.1 Å². The van der Waals surface area contributed by atoms with Gasteiger partial charge < -0.3 is 5.32 Å². The Morgan fingerprint density at radius 2 is 1.32 bits per heavy atom. The van der Waals surface area contributed by atoms with E-state index in [0.29, 0.717) is 0 Å². The van der Waals surface area contributed by atoms with Crippen molar-refractivity contribution >= 4 is 0 Å². The molecule has 0 bridgehead atoms. The van der Waals surface area contributed by atoms with Crippen LogP contribution in [0.4, 0.5) is 22.0 Å². The molecule has 0 saturated heterocycles. The van der Waals surface area contributed by atoms with Crippen molar-refractivity contribution in [3.8, 4) is 0 Å². The summed E-state index contributed by atoms with van der Waals surface area (Å²) in [5.41, 5.74) is 0.795. The van der Waals surface area contributed by atoms with Crippen LogP contribution in [0.2, 0.25) is 0 Å². The fourth-order valence-electron chi connectivity index (χ4n) is 1.79. The van der Waals surface area contributed by atoms with Crippen molar-refractivity contribution in [3.63, 3.8) is 0 Å². The number of halogens is 5. The van der Waals surface area contributed by atoms with E-state index in [9.17, 15) is 22.0 Å². The van der Waals surface area contributed by atoms with E-state index in [1.807, 2.05) is 19.2 Å². The topological polar surface area (TPSA) is 12.0 Å². The molecule has 1 rings (SSSR count). The molecule has 1 unspecified atom stereocenters. The number of benzene rings is 1. The van der Waals surface area contributed by atoms with Crippen molar-refractivity contribution in [3.05, 3.63) is 35.4 Å². The Balaban J connectivity index is 3.11. The van der Waals surface area contributed by atoms with Gasteiger partial charge in [0.2, 0.25) is 0 Å². The van der Waals surface area contributed by atoms with Gasteiger partial charge >= 0.3 is 12.1 Å². The molecule has 0 amide bonds. The van der Waals surface area contributed by atoms with Crippen molar-refractivity contribution in [2.75, 3.05) is 7.05 Å². The summed E-state index contributed by atoms with van der Waals surface area (Å²) in [6.07, 6.45) is -5.59. The average Bonchev–Trinajstić information content (AvgIpc) is 2.28. The number of hydrogen-bond donors (Lipinski definition) is 1. The third-order valence-electron chi connectivity index (χ3n) is 2.97. The first-order valence-electron chi connectivity index (χ1n) is 5.83. The zero-order valence-electron chi connectivity index (χ0n) is 10.9. The van der Waals surface area contributed by atoms with Crippen molar-refractivity contribution in [2.45, 2.75) is 37.9 Å². The van der Waals surface area contributed by atoms with E-state index < -0.39 is 18.1 Å². The Bertz CT molecular complexity index is 408. The molecule has 0 aliphatic rings. The highest BCUT2D eigenvalue weighted by atomic mass is 19.4. The Labute approximate surface area is 108 Å². The Morgan fingerprint density at radius 1 is 0.895 bits per heavy atom. The first-order valence-corrected chi connectivity index (χ1v) is 5.83. The standard InChI is InChI=1S/C13H16F5N/c1-8(2)9-4-6-10(7-5-9)11(19-3)12(14,15)13(16,17)18/h4-8,11,19H,1-3H3. The van der Waals surface area contributed by atoms with Crippen LogP contribution < -0.4 is 5.32 Å². The first-order chi connectivity index (χ1) is 8.61. The molecule has 0 aromatic heterocycles. The fraction of sp³-hybridized carbons (Fsp3) is 0.538. The molecule has 0 aliphatic carbocycles. The van der Waals surface area contributed by atoms with Gasteiger partial charge in [0, 0.05) is 0 Å². The van der Waals surface area contributed by atoms with Crippen molar-refractivity contribution < 1.29 is 22.0 Å². The minimum atomic E-state index is -5.59. The minimum absolute atomic E-state index is 0.0887. The van der Waals surface area contributed by atoms with Gasteiger partial charge in [0.1, 0.15) is 6.04 Å². The van der Waals surface area contributed by atoms with E-state index in [-0.39, 0.29) is 11.5 Å². The second kappa shape index (κ2) is 5.45. The fourth-order valence-corrected chi connectivity index (χ4v) is 1.79. The molecule has 1 atom stereocenters. The average molecular weight is 281 g/mol. The number of alkyl halides is 5. The molecule has 19 heavy (non-hydrogen) atoms. The van der Waals surface area contributed by atoms with Crippen molar-refractivity contribution in [1.29, 1.82) is 0 Å². The first kappa shape index (κ1) is 15.9. The van der Waals surface area contributed by atoms with Crippen LogP contribution in [0.3, 0.4) is 0 Å². The van der Waals surface area contributed by atoms with Crippen LogP contribution in [0, 0.1) is 0 Å². The Kier molecular flexibility index (Phi) is 4.55. The van der Waals surface area contributed by atoms with E-state index in [0.717, 1.165) is 12.6 Å². The van der Waals surface area contributed by atoms with Crippen LogP contribution in [0.15, 0.2) is 24.3 Å². The predicted molar refractivity (Wildman–Crippen MR) is 63.3 cm³/mol. The van der Waals surface area contributed by atoms with Gasteiger partial charge in [-0.15, -0.1) is 0 Å². The summed E-state index contributed by atoms with van der Waals surface area (Å²) in [5, 5.41) is 2.04. The molecule has 0 spiro atoms. The molecule has 1 aromatic carbocycles. The largest absolute Gasteiger partial charge is 0.455 e. The number of hydrogen-bond acceptors (Lipinski definition) is 1. The monoisotopic (exact) mass is 281 g/mol. The van der Waals surface area contributed by atoms with E-state index in [4.69, 9.17) is 0 Å². The van der Waals surface area contributed by atoms with Gasteiger partial charge in [0.25, 0.3) is 0 Å². The summed E-state index contributed by atoms with van der Waals surface area (Å²) in [5.74, 6) is -4.63. The van der Waals surface area contributed by atoms with Gasteiger partial charge in [0.15, 0.2) is 0 Å². The van der Waals surface area contributed by atoms with Gasteiger partial charge in [-0.3, -0.25) is 0 Å². The molecule has 0 fully saturated rings. The molecule has 6 heteroatoms. The van der Waals surface area contributed by atoms with E-state index in [2.05, 4.69) is 0 Å². The van der Waals surface area contributed by atoms with Crippen molar-refractivity contribution in [2.24, 2.45) is 0 Å². The van der Waals surface area contributed by atoms with E-state index in [1.165, 1.54) is 12.1 Å². The van der Waals surface area contributed by atoms with Crippen LogP contribution in [-0.2, 0) is 0 Å². The molecular formula is C13H16F5N. The molecule has 0 saturated carbocycles. The minimum Gasteiger partial charge on any atom is -0.308 e. The third kappa shape index (κ3) is 3.23. The molecule has 1 nitrogen and oxygen atoms in total. The SMILES string of the molecule is CNC(c1ccc(C(C)C)cc1)C(F)(F)C(F)(F)F. The van der Waals surface area contributed by atoms with Gasteiger partial charge in [-0.05, 0) is 24.1 Å². The zero-order valence-corrected chi connectivity index (χ0v) is 10.9. The molecule has 108 valence electrons. The maximum atomic E-state index is 13.4.